The van der Waals surface area contributed by atoms with Crippen LogP contribution in [0, 0.1) is 11.3 Å². The SMILES string of the molecule is N#Cc1cc(N2CCN(CC(=O)N3CCc4ccccc43)CC2)c2ccccc2n1. The molecule has 0 radical (unpaired) electrons. The van der Waals surface area contributed by atoms with Crippen molar-refractivity contribution >= 4 is 28.2 Å². The Morgan fingerprint density at radius 2 is 1.73 bits per heavy atom. The van der Waals surface area contributed by atoms with Crippen LogP contribution in [0.25, 0.3) is 10.9 Å². The van der Waals surface area contributed by atoms with E-state index in [1.54, 1.807) is 0 Å². The molecule has 1 saturated heterocycles. The van der Waals surface area contributed by atoms with Crippen LogP contribution in [0.5, 0.6) is 0 Å². The second-order valence-electron chi connectivity index (χ2n) is 7.84. The van der Waals surface area contributed by atoms with Crippen molar-refractivity contribution in [2.45, 2.75) is 6.42 Å². The summed E-state index contributed by atoms with van der Waals surface area (Å²) in [6.45, 7) is 4.51. The van der Waals surface area contributed by atoms with E-state index in [0.29, 0.717) is 12.2 Å². The third-order valence-electron chi connectivity index (χ3n) is 6.07. The molecule has 0 bridgehead atoms. The van der Waals surface area contributed by atoms with Gasteiger partial charge in [0.1, 0.15) is 11.8 Å². The summed E-state index contributed by atoms with van der Waals surface area (Å²) in [5.74, 6) is 0.175. The maximum absolute atomic E-state index is 12.9. The molecule has 0 atom stereocenters. The van der Waals surface area contributed by atoms with Crippen molar-refractivity contribution in [3.05, 3.63) is 65.9 Å². The maximum Gasteiger partial charge on any atom is 0.241 e. The Balaban J connectivity index is 1.27. The van der Waals surface area contributed by atoms with Crippen molar-refractivity contribution in [1.82, 2.24) is 9.88 Å². The van der Waals surface area contributed by atoms with E-state index in [0.717, 1.165) is 61.4 Å². The standard InChI is InChI=1S/C24H23N5O/c25-16-19-15-23(20-6-2-3-7-21(20)26-19)28-13-11-27(12-14-28)17-24(30)29-10-9-18-5-1-4-8-22(18)29/h1-8,15H,9-14,17H2. The monoisotopic (exact) mass is 397 g/mol. The number of nitrogens with zero attached hydrogens (tertiary/aromatic N) is 5. The lowest BCUT2D eigenvalue weighted by atomic mass is 10.1. The molecule has 6 heteroatoms. The van der Waals surface area contributed by atoms with Crippen molar-refractivity contribution in [3.8, 4) is 6.07 Å². The first-order valence-corrected chi connectivity index (χ1v) is 10.4. The Bertz CT molecular complexity index is 1140. The van der Waals surface area contributed by atoms with Gasteiger partial charge in [-0.3, -0.25) is 9.69 Å². The molecule has 1 aromatic heterocycles. The van der Waals surface area contributed by atoms with Crippen molar-refractivity contribution in [3.63, 3.8) is 0 Å². The van der Waals surface area contributed by atoms with Crippen molar-refractivity contribution in [2.75, 3.05) is 49.1 Å². The molecule has 0 spiro atoms. The number of benzene rings is 2. The zero-order chi connectivity index (χ0) is 20.5. The summed E-state index contributed by atoms with van der Waals surface area (Å²) in [6.07, 6.45) is 0.937. The van der Waals surface area contributed by atoms with E-state index in [2.05, 4.69) is 33.0 Å². The predicted molar refractivity (Wildman–Crippen MR) is 118 cm³/mol. The predicted octanol–water partition coefficient (Wildman–Crippen LogP) is 2.82. The number of carbonyl (C=O) groups excluding carboxylic acids is 1. The van der Waals surface area contributed by atoms with Gasteiger partial charge in [-0.15, -0.1) is 0 Å². The molecule has 6 nitrogen and oxygen atoms in total. The third kappa shape index (κ3) is 3.38. The minimum atomic E-state index is 0.175. The molecule has 0 unspecified atom stereocenters. The first-order chi connectivity index (χ1) is 14.7. The van der Waals surface area contributed by atoms with Crippen LogP contribution in [0.2, 0.25) is 0 Å². The van der Waals surface area contributed by atoms with Gasteiger partial charge in [-0.2, -0.15) is 5.26 Å². The second-order valence-corrected chi connectivity index (χ2v) is 7.84. The van der Waals surface area contributed by atoms with Gasteiger partial charge >= 0.3 is 0 Å². The molecule has 3 aromatic rings. The number of amides is 1. The fourth-order valence-corrected chi connectivity index (χ4v) is 4.50. The van der Waals surface area contributed by atoms with Crippen molar-refractivity contribution in [1.29, 1.82) is 5.26 Å². The summed E-state index contributed by atoms with van der Waals surface area (Å²) in [4.78, 5) is 23.8. The van der Waals surface area contributed by atoms with Crippen LogP contribution in [0.3, 0.4) is 0 Å². The molecule has 1 fully saturated rings. The van der Waals surface area contributed by atoms with Crippen LogP contribution in [0.15, 0.2) is 54.6 Å². The minimum Gasteiger partial charge on any atom is -0.368 e. The van der Waals surface area contributed by atoms with Crippen LogP contribution in [0.1, 0.15) is 11.3 Å². The highest BCUT2D eigenvalue weighted by atomic mass is 16.2. The lowest BCUT2D eigenvalue weighted by molar-refractivity contribution is -0.119. The van der Waals surface area contributed by atoms with Gasteiger partial charge in [-0.1, -0.05) is 36.4 Å². The normalized spacial score (nSPS) is 16.5. The summed E-state index contributed by atoms with van der Waals surface area (Å²) >= 11 is 0. The number of hydrogen-bond acceptors (Lipinski definition) is 5. The number of piperazine rings is 1. The van der Waals surface area contributed by atoms with E-state index < -0.39 is 0 Å². The van der Waals surface area contributed by atoms with Gasteiger partial charge in [0.15, 0.2) is 0 Å². The first kappa shape index (κ1) is 18.6. The Hall–Kier alpha value is -3.43. The van der Waals surface area contributed by atoms with Crippen LogP contribution >= 0.6 is 0 Å². The number of para-hydroxylation sites is 2. The van der Waals surface area contributed by atoms with E-state index in [9.17, 15) is 10.1 Å². The Labute approximate surface area is 175 Å². The summed E-state index contributed by atoms with van der Waals surface area (Å²) in [5, 5.41) is 10.4. The van der Waals surface area contributed by atoms with E-state index >= 15 is 0 Å². The summed E-state index contributed by atoms with van der Waals surface area (Å²) in [7, 11) is 0. The Morgan fingerprint density at radius 3 is 2.57 bits per heavy atom. The third-order valence-corrected chi connectivity index (χ3v) is 6.07. The number of hydrogen-bond donors (Lipinski definition) is 0. The average molecular weight is 397 g/mol. The number of nitriles is 1. The molecule has 0 aliphatic carbocycles. The average Bonchev–Trinajstić information content (AvgIpc) is 3.23. The zero-order valence-electron chi connectivity index (χ0n) is 16.8. The molecule has 30 heavy (non-hydrogen) atoms. The van der Waals surface area contributed by atoms with Gasteiger partial charge in [0.25, 0.3) is 0 Å². The lowest BCUT2D eigenvalue weighted by Crippen LogP contribution is -2.50. The highest BCUT2D eigenvalue weighted by molar-refractivity contribution is 5.97. The first-order valence-electron chi connectivity index (χ1n) is 10.4. The molecule has 0 saturated carbocycles. The summed E-state index contributed by atoms with van der Waals surface area (Å²) in [6, 6.07) is 20.2. The Morgan fingerprint density at radius 1 is 0.967 bits per heavy atom. The van der Waals surface area contributed by atoms with E-state index in [-0.39, 0.29) is 5.91 Å². The highest BCUT2D eigenvalue weighted by Gasteiger charge is 2.27. The largest absolute Gasteiger partial charge is 0.368 e. The molecule has 2 aromatic carbocycles. The number of rotatable bonds is 3. The lowest BCUT2D eigenvalue weighted by Gasteiger charge is -2.36. The van der Waals surface area contributed by atoms with Crippen LogP contribution in [-0.4, -0.2) is 55.1 Å². The van der Waals surface area contributed by atoms with Gasteiger partial charge in [0.2, 0.25) is 5.91 Å². The number of aromatic nitrogens is 1. The molecular weight excluding hydrogens is 374 g/mol. The highest BCUT2D eigenvalue weighted by Crippen LogP contribution is 2.29. The van der Waals surface area contributed by atoms with Crippen molar-refractivity contribution in [2.24, 2.45) is 0 Å². The number of pyridine rings is 1. The maximum atomic E-state index is 12.9. The van der Waals surface area contributed by atoms with Gasteiger partial charge in [0.05, 0.1) is 12.1 Å². The van der Waals surface area contributed by atoms with Crippen molar-refractivity contribution < 1.29 is 4.79 Å². The smallest absolute Gasteiger partial charge is 0.241 e. The minimum absolute atomic E-state index is 0.175. The fourth-order valence-electron chi connectivity index (χ4n) is 4.50. The van der Waals surface area contributed by atoms with Crippen LogP contribution in [-0.2, 0) is 11.2 Å². The second kappa shape index (κ2) is 7.77. The van der Waals surface area contributed by atoms with Gasteiger partial charge < -0.3 is 9.80 Å². The molecule has 3 heterocycles. The molecule has 1 amide bonds. The number of carbonyl (C=O) groups is 1. The van der Waals surface area contributed by atoms with Crippen LogP contribution in [0.4, 0.5) is 11.4 Å². The molecule has 150 valence electrons. The Kier molecular flexibility index (Phi) is 4.82. The zero-order valence-corrected chi connectivity index (χ0v) is 16.8. The van der Waals surface area contributed by atoms with Gasteiger partial charge in [-0.25, -0.2) is 4.98 Å². The molecule has 2 aliphatic rings. The molecular formula is C24H23N5O. The van der Waals surface area contributed by atoms with E-state index in [1.807, 2.05) is 47.4 Å². The topological polar surface area (TPSA) is 63.5 Å². The summed E-state index contributed by atoms with van der Waals surface area (Å²) < 4.78 is 0. The molecule has 2 aliphatic heterocycles. The van der Waals surface area contributed by atoms with Gasteiger partial charge in [-0.05, 0) is 30.2 Å². The van der Waals surface area contributed by atoms with Crippen LogP contribution < -0.4 is 9.80 Å². The fraction of sp³-hybridized carbons (Fsp3) is 0.292. The quantitative estimate of drug-likeness (QED) is 0.680. The van der Waals surface area contributed by atoms with Gasteiger partial charge in [0, 0.05) is 49.5 Å². The number of anilines is 2. The number of fused-ring (bicyclic) bond motifs is 2. The van der Waals surface area contributed by atoms with E-state index in [1.165, 1.54) is 5.56 Å². The molecule has 0 N–H and O–H groups in total. The summed E-state index contributed by atoms with van der Waals surface area (Å²) in [5.41, 5.74) is 4.66. The molecule has 5 rings (SSSR count). The van der Waals surface area contributed by atoms with E-state index in [4.69, 9.17) is 0 Å².